The largest absolute Gasteiger partial charge is 0.450 e. The highest BCUT2D eigenvalue weighted by atomic mass is 16.5. The van der Waals surface area contributed by atoms with Crippen molar-refractivity contribution in [3.05, 3.63) is 72.9 Å². The van der Waals surface area contributed by atoms with Gasteiger partial charge in [0.2, 0.25) is 0 Å². The van der Waals surface area contributed by atoms with E-state index in [1.165, 1.54) is 6.92 Å². The number of allylic oxidation sites excluding steroid dienone is 1. The summed E-state index contributed by atoms with van der Waals surface area (Å²) in [4.78, 5) is 12.9. The van der Waals surface area contributed by atoms with Crippen LogP contribution in [-0.4, -0.2) is 12.1 Å². The molecular formula is C20H19NO2. The molecule has 0 spiro atoms. The summed E-state index contributed by atoms with van der Waals surface area (Å²) in [5, 5.41) is 0. The summed E-state index contributed by atoms with van der Waals surface area (Å²) < 4.78 is 5.02. The number of esters is 1. The average molecular weight is 305 g/mol. The van der Waals surface area contributed by atoms with Crippen LogP contribution in [0.4, 0.5) is 11.4 Å². The van der Waals surface area contributed by atoms with Gasteiger partial charge in [0, 0.05) is 18.3 Å². The molecule has 116 valence electrons. The minimum atomic E-state index is -0.474. The smallest absolute Gasteiger partial charge is 0.303 e. The number of anilines is 2. The Bertz CT molecular complexity index is 687. The molecule has 0 aliphatic carbocycles. The van der Waals surface area contributed by atoms with E-state index in [1.54, 1.807) is 6.92 Å². The van der Waals surface area contributed by atoms with Gasteiger partial charge in [-0.2, -0.15) is 0 Å². The number of rotatable bonds is 4. The van der Waals surface area contributed by atoms with E-state index in [1.807, 2.05) is 65.6 Å². The first-order chi connectivity index (χ1) is 11.1. The van der Waals surface area contributed by atoms with Crippen LogP contribution in [0.3, 0.4) is 0 Å². The third-order valence-electron chi connectivity index (χ3n) is 3.06. The number of carbonyl (C=O) groups excluding carboxylic acids is 1. The van der Waals surface area contributed by atoms with Crippen LogP contribution in [0.25, 0.3) is 0 Å². The lowest BCUT2D eigenvalue weighted by atomic mass is 10.2. The Morgan fingerprint density at radius 1 is 1.04 bits per heavy atom. The maximum atomic E-state index is 11.0. The molecule has 0 radical (unpaired) electrons. The van der Waals surface area contributed by atoms with Gasteiger partial charge in [-0.1, -0.05) is 48.9 Å². The van der Waals surface area contributed by atoms with Gasteiger partial charge in [-0.15, -0.1) is 0 Å². The normalized spacial score (nSPS) is 10.9. The molecule has 2 aromatic rings. The van der Waals surface area contributed by atoms with Crippen LogP contribution < -0.4 is 4.90 Å². The van der Waals surface area contributed by atoms with Crippen molar-refractivity contribution < 1.29 is 9.53 Å². The lowest BCUT2D eigenvalue weighted by Crippen LogP contribution is -2.15. The van der Waals surface area contributed by atoms with Crippen LogP contribution in [0.1, 0.15) is 13.8 Å². The number of nitrogens with zero attached hydrogens (tertiary/aromatic N) is 1. The minimum Gasteiger partial charge on any atom is -0.450 e. The molecule has 1 atom stereocenters. The van der Waals surface area contributed by atoms with E-state index < -0.39 is 6.10 Å². The fraction of sp³-hybridized carbons (Fsp3) is 0.150. The third-order valence-corrected chi connectivity index (χ3v) is 3.06. The van der Waals surface area contributed by atoms with Crippen LogP contribution in [0, 0.1) is 11.8 Å². The van der Waals surface area contributed by atoms with E-state index >= 15 is 0 Å². The van der Waals surface area contributed by atoms with Crippen molar-refractivity contribution in [2.75, 3.05) is 4.90 Å². The molecule has 0 amide bonds. The van der Waals surface area contributed by atoms with Gasteiger partial charge in [0.15, 0.2) is 6.10 Å². The number of ether oxygens (including phenoxy) is 1. The predicted molar refractivity (Wildman–Crippen MR) is 93.2 cm³/mol. The molecule has 0 aliphatic rings. The van der Waals surface area contributed by atoms with Crippen molar-refractivity contribution >= 4 is 17.3 Å². The first-order valence-electron chi connectivity index (χ1n) is 7.36. The maximum Gasteiger partial charge on any atom is 0.303 e. The molecule has 0 aromatic heterocycles. The Hall–Kier alpha value is -2.99. The minimum absolute atomic E-state index is 0.347. The molecule has 2 rings (SSSR count). The second-order valence-corrected chi connectivity index (χ2v) is 4.97. The zero-order valence-corrected chi connectivity index (χ0v) is 13.3. The lowest BCUT2D eigenvalue weighted by molar-refractivity contribution is -0.143. The fourth-order valence-electron chi connectivity index (χ4n) is 2.13. The molecule has 0 saturated heterocycles. The topological polar surface area (TPSA) is 29.5 Å². The zero-order valence-electron chi connectivity index (χ0n) is 13.3. The molecule has 0 saturated carbocycles. The zero-order chi connectivity index (χ0) is 16.7. The van der Waals surface area contributed by atoms with Crippen LogP contribution in [-0.2, 0) is 9.53 Å². The van der Waals surface area contributed by atoms with E-state index in [4.69, 9.17) is 4.74 Å². The van der Waals surface area contributed by atoms with Crippen LogP contribution in [0.5, 0.6) is 0 Å². The van der Waals surface area contributed by atoms with Crippen LogP contribution in [0.15, 0.2) is 72.9 Å². The Morgan fingerprint density at radius 3 is 1.96 bits per heavy atom. The quantitative estimate of drug-likeness (QED) is 0.623. The van der Waals surface area contributed by atoms with E-state index in [-0.39, 0.29) is 5.97 Å². The molecule has 2 aromatic carbocycles. The first-order valence-corrected chi connectivity index (χ1v) is 7.36. The molecule has 0 fully saturated rings. The van der Waals surface area contributed by atoms with Gasteiger partial charge >= 0.3 is 5.97 Å². The molecule has 0 bridgehead atoms. The number of hydrogen-bond donors (Lipinski definition) is 0. The van der Waals surface area contributed by atoms with Gasteiger partial charge in [0.05, 0.1) is 5.70 Å². The summed E-state index contributed by atoms with van der Waals surface area (Å²) in [6.45, 7) is 7.17. The molecule has 0 unspecified atom stereocenters. The summed E-state index contributed by atoms with van der Waals surface area (Å²) in [6, 6.07) is 19.8. The SMILES string of the molecule is C=C(C#C[C@@H](C)OC(C)=O)N(c1ccccc1)c1ccccc1. The molecule has 0 aliphatic heterocycles. The maximum absolute atomic E-state index is 11.0. The van der Waals surface area contributed by atoms with Crippen molar-refractivity contribution in [1.82, 2.24) is 0 Å². The highest BCUT2D eigenvalue weighted by Crippen LogP contribution is 2.28. The highest BCUT2D eigenvalue weighted by molar-refractivity contribution is 5.70. The number of benzene rings is 2. The predicted octanol–water partition coefficient (Wildman–Crippen LogP) is 4.29. The summed E-state index contributed by atoms with van der Waals surface area (Å²) in [7, 11) is 0. The van der Waals surface area contributed by atoms with E-state index in [9.17, 15) is 4.79 Å². The van der Waals surface area contributed by atoms with Gasteiger partial charge < -0.3 is 9.64 Å². The Morgan fingerprint density at radius 2 is 1.52 bits per heavy atom. The Balaban J connectivity index is 2.30. The number of hydrogen-bond acceptors (Lipinski definition) is 3. The van der Waals surface area contributed by atoms with Crippen molar-refractivity contribution in [2.45, 2.75) is 20.0 Å². The van der Waals surface area contributed by atoms with E-state index in [0.717, 1.165) is 11.4 Å². The van der Waals surface area contributed by atoms with Crippen LogP contribution >= 0.6 is 0 Å². The van der Waals surface area contributed by atoms with Gasteiger partial charge in [-0.3, -0.25) is 4.79 Å². The first kappa shape index (κ1) is 16.4. The van der Waals surface area contributed by atoms with Gasteiger partial charge in [0.25, 0.3) is 0 Å². The second kappa shape index (κ2) is 7.86. The molecule has 3 nitrogen and oxygen atoms in total. The third kappa shape index (κ3) is 4.76. The summed E-state index contributed by atoms with van der Waals surface area (Å²) in [5.41, 5.74) is 2.55. The average Bonchev–Trinajstić information content (AvgIpc) is 2.55. The summed E-state index contributed by atoms with van der Waals surface area (Å²) >= 11 is 0. The molecule has 0 N–H and O–H groups in total. The standard InChI is InChI=1S/C20H19NO2/c1-16(14-15-17(2)23-18(3)22)21(19-10-6-4-7-11-19)20-12-8-5-9-13-20/h4-13,17H,1H2,2-3H3/t17-/m1/s1. The van der Waals surface area contributed by atoms with E-state index in [0.29, 0.717) is 5.70 Å². The van der Waals surface area contributed by atoms with Crippen molar-refractivity contribution in [3.8, 4) is 11.8 Å². The summed E-state index contributed by atoms with van der Waals surface area (Å²) in [5.74, 6) is 5.54. The Labute approximate surface area is 137 Å². The van der Waals surface area contributed by atoms with Crippen molar-refractivity contribution in [2.24, 2.45) is 0 Å². The Kier molecular flexibility index (Phi) is 5.60. The highest BCUT2D eigenvalue weighted by Gasteiger charge is 2.11. The molecule has 23 heavy (non-hydrogen) atoms. The van der Waals surface area contributed by atoms with Gasteiger partial charge in [0.1, 0.15) is 0 Å². The van der Waals surface area contributed by atoms with Crippen molar-refractivity contribution in [3.63, 3.8) is 0 Å². The number of carbonyl (C=O) groups is 1. The van der Waals surface area contributed by atoms with Gasteiger partial charge in [-0.05, 0) is 37.1 Å². The monoisotopic (exact) mass is 305 g/mol. The fourth-order valence-corrected chi connectivity index (χ4v) is 2.13. The molecule has 0 heterocycles. The van der Waals surface area contributed by atoms with Crippen LogP contribution in [0.2, 0.25) is 0 Å². The number of para-hydroxylation sites is 2. The molecule has 3 heteroatoms. The van der Waals surface area contributed by atoms with Gasteiger partial charge in [-0.25, -0.2) is 0 Å². The second-order valence-electron chi connectivity index (χ2n) is 4.97. The van der Waals surface area contributed by atoms with E-state index in [2.05, 4.69) is 18.4 Å². The molecular weight excluding hydrogens is 286 g/mol. The van der Waals surface area contributed by atoms with Crippen molar-refractivity contribution in [1.29, 1.82) is 0 Å². The lowest BCUT2D eigenvalue weighted by Gasteiger charge is -2.24. The summed E-state index contributed by atoms with van der Waals surface area (Å²) in [6.07, 6.45) is -0.474.